The molecule has 0 saturated carbocycles. The first-order valence-electron chi connectivity index (χ1n) is 18.1. The highest BCUT2D eigenvalue weighted by Crippen LogP contribution is 2.50. The molecule has 1 fully saturated rings. The second-order valence-electron chi connectivity index (χ2n) is 14.1. The van der Waals surface area contributed by atoms with Crippen LogP contribution in [0.4, 0.5) is 0 Å². The number of fused-ring (bicyclic) bond motifs is 6. The Morgan fingerprint density at radius 1 is 0.579 bits per heavy atom. The average molecular weight is 734 g/mol. The Balaban J connectivity index is 1.37. The summed E-state index contributed by atoms with van der Waals surface area (Å²) in [5.74, 6) is -0.333. The van der Waals surface area contributed by atoms with E-state index in [1.807, 2.05) is 61.6 Å². The topological polar surface area (TPSA) is 176 Å². The number of aromatic nitrogens is 1. The van der Waals surface area contributed by atoms with Crippen LogP contribution in [-0.4, -0.2) is 29.6 Å². The van der Waals surface area contributed by atoms with E-state index in [9.17, 15) is 31.6 Å². The molecule has 1 aliphatic rings. The van der Waals surface area contributed by atoms with Crippen LogP contribution >= 0.6 is 0 Å². The summed E-state index contributed by atoms with van der Waals surface area (Å²) in [4.78, 5) is 2.22. The monoisotopic (exact) mass is 733 g/mol. The van der Waals surface area contributed by atoms with E-state index in [1.165, 1.54) is 24.3 Å². The number of nitriles is 6. The number of hydrogen-bond donors (Lipinski definition) is 1. The Morgan fingerprint density at radius 3 is 1.61 bits per heavy atom. The van der Waals surface area contributed by atoms with Gasteiger partial charge in [0.1, 0.15) is 17.5 Å². The lowest BCUT2D eigenvalue weighted by Crippen LogP contribution is -2.49. The van der Waals surface area contributed by atoms with E-state index in [0.717, 1.165) is 27.2 Å². The number of benzene rings is 6. The molecule has 0 bridgehead atoms. The summed E-state index contributed by atoms with van der Waals surface area (Å²) < 4.78 is 9.04. The summed E-state index contributed by atoms with van der Waals surface area (Å²) in [5.41, 5.74) is 5.97. The van der Waals surface area contributed by atoms with Crippen molar-refractivity contribution in [1.82, 2.24) is 14.8 Å². The standard InChI is InChI=1S/C47H27N9O/c1-55-26-33(25-54-47(55)56-39-11-5-2-8-34(39)35-9-3-6-12-40(35)56)44-45(43-31(23-52)16-28(20-49)17-32(43)24-53)38(18-37-36-10-4-7-13-41(36)57-46(37)44)42-29(21-50)14-27(19-48)15-30(42)22-51/h2-18,33,47,54H,25-26H2,1H3. The molecule has 8 aromatic rings. The van der Waals surface area contributed by atoms with Crippen LogP contribution in [0.1, 0.15) is 51.2 Å². The summed E-state index contributed by atoms with van der Waals surface area (Å²) in [6, 6.07) is 44.9. The van der Waals surface area contributed by atoms with Gasteiger partial charge >= 0.3 is 0 Å². The summed E-state index contributed by atoms with van der Waals surface area (Å²) in [6.07, 6.45) is -0.253. The molecule has 266 valence electrons. The van der Waals surface area contributed by atoms with Crippen LogP contribution < -0.4 is 5.32 Å². The van der Waals surface area contributed by atoms with Gasteiger partial charge < -0.3 is 8.98 Å². The second kappa shape index (κ2) is 13.6. The fourth-order valence-electron chi connectivity index (χ4n) is 8.68. The number of nitrogens with one attached hydrogen (secondary N) is 1. The fraction of sp³-hybridized carbons (Fsp3) is 0.106. The SMILES string of the molecule is CN1CC(c2c(-c3c(C#N)cc(C#N)cc3C#N)c(-c3c(C#N)cc(C#N)cc3C#N)cc3c2oc2ccccc23)CNC1n1c2ccccc2c2ccccc21. The molecule has 1 aliphatic heterocycles. The first-order valence-corrected chi connectivity index (χ1v) is 18.1. The number of likely N-dealkylation sites (N-methyl/N-ethyl adjacent to an activating group) is 1. The molecular formula is C47H27N9O. The molecule has 0 spiro atoms. The van der Waals surface area contributed by atoms with E-state index >= 15 is 0 Å². The number of rotatable bonds is 4. The van der Waals surface area contributed by atoms with Crippen molar-refractivity contribution >= 4 is 43.7 Å². The van der Waals surface area contributed by atoms with E-state index in [-0.39, 0.29) is 56.7 Å². The normalized spacial score (nSPS) is 15.4. The summed E-state index contributed by atoms with van der Waals surface area (Å²) in [5, 5.41) is 69.9. The predicted octanol–water partition coefficient (Wildman–Crippen LogP) is 9.03. The molecule has 6 aromatic carbocycles. The van der Waals surface area contributed by atoms with Crippen LogP contribution in [-0.2, 0) is 0 Å². The molecule has 1 saturated heterocycles. The maximum absolute atomic E-state index is 10.7. The van der Waals surface area contributed by atoms with Gasteiger partial charge in [-0.1, -0.05) is 54.6 Å². The molecular weight excluding hydrogens is 707 g/mol. The largest absolute Gasteiger partial charge is 0.456 e. The summed E-state index contributed by atoms with van der Waals surface area (Å²) >= 11 is 0. The first-order chi connectivity index (χ1) is 27.9. The van der Waals surface area contributed by atoms with Gasteiger partial charge in [-0.2, -0.15) is 31.6 Å². The van der Waals surface area contributed by atoms with Gasteiger partial charge in [0.2, 0.25) is 0 Å². The third-order valence-electron chi connectivity index (χ3n) is 11.0. The van der Waals surface area contributed by atoms with Crippen LogP contribution in [0.2, 0.25) is 0 Å². The van der Waals surface area contributed by atoms with E-state index in [1.54, 1.807) is 0 Å². The summed E-state index contributed by atoms with van der Waals surface area (Å²) in [6.45, 7) is 0.923. The highest BCUT2D eigenvalue weighted by Gasteiger charge is 2.36. The Morgan fingerprint density at radius 2 is 1.09 bits per heavy atom. The fourth-order valence-corrected chi connectivity index (χ4v) is 8.68. The van der Waals surface area contributed by atoms with Gasteiger partial charge in [0.15, 0.2) is 0 Å². The van der Waals surface area contributed by atoms with Crippen molar-refractivity contribution in [3.05, 3.63) is 142 Å². The summed E-state index contributed by atoms with van der Waals surface area (Å²) in [7, 11) is 2.04. The van der Waals surface area contributed by atoms with Crippen molar-refractivity contribution in [3.8, 4) is 58.7 Å². The Bertz CT molecular complexity index is 3170. The van der Waals surface area contributed by atoms with Crippen molar-refractivity contribution in [2.24, 2.45) is 0 Å². The van der Waals surface area contributed by atoms with Gasteiger partial charge in [-0.3, -0.25) is 10.2 Å². The van der Waals surface area contributed by atoms with Gasteiger partial charge in [-0.25, -0.2) is 0 Å². The lowest BCUT2D eigenvalue weighted by Gasteiger charge is -2.40. The predicted molar refractivity (Wildman–Crippen MR) is 215 cm³/mol. The quantitative estimate of drug-likeness (QED) is 0.185. The van der Waals surface area contributed by atoms with Crippen LogP contribution in [0, 0.1) is 68.0 Å². The number of hydrogen-bond acceptors (Lipinski definition) is 9. The molecule has 0 radical (unpaired) electrons. The van der Waals surface area contributed by atoms with Crippen molar-refractivity contribution in [3.63, 3.8) is 0 Å². The smallest absolute Gasteiger partial charge is 0.141 e. The molecule has 3 heterocycles. The van der Waals surface area contributed by atoms with Crippen LogP contribution in [0.25, 0.3) is 66.0 Å². The van der Waals surface area contributed by atoms with Gasteiger partial charge in [-0.05, 0) is 66.7 Å². The maximum Gasteiger partial charge on any atom is 0.141 e. The molecule has 0 amide bonds. The van der Waals surface area contributed by atoms with Gasteiger partial charge in [-0.15, -0.1) is 0 Å². The Labute approximate surface area is 326 Å². The van der Waals surface area contributed by atoms with E-state index in [2.05, 4.69) is 75.5 Å². The van der Waals surface area contributed by atoms with E-state index in [0.29, 0.717) is 46.3 Å². The minimum atomic E-state index is -0.333. The molecule has 2 unspecified atom stereocenters. The zero-order valence-corrected chi connectivity index (χ0v) is 30.4. The molecule has 2 atom stereocenters. The molecule has 10 nitrogen and oxygen atoms in total. The first kappa shape index (κ1) is 34.5. The van der Waals surface area contributed by atoms with Crippen molar-refractivity contribution < 1.29 is 4.42 Å². The van der Waals surface area contributed by atoms with Crippen LogP contribution in [0.5, 0.6) is 0 Å². The zero-order chi connectivity index (χ0) is 39.4. The molecule has 10 heteroatoms. The number of furan rings is 1. The highest BCUT2D eigenvalue weighted by molar-refractivity contribution is 6.12. The number of nitrogens with zero attached hydrogens (tertiary/aromatic N) is 8. The molecule has 0 aliphatic carbocycles. The van der Waals surface area contributed by atoms with Crippen LogP contribution in [0.3, 0.4) is 0 Å². The maximum atomic E-state index is 10.7. The molecule has 57 heavy (non-hydrogen) atoms. The van der Waals surface area contributed by atoms with Crippen molar-refractivity contribution in [2.45, 2.75) is 12.2 Å². The highest BCUT2D eigenvalue weighted by atomic mass is 16.3. The third-order valence-corrected chi connectivity index (χ3v) is 11.0. The van der Waals surface area contributed by atoms with Crippen LogP contribution in [0.15, 0.2) is 108 Å². The van der Waals surface area contributed by atoms with E-state index in [4.69, 9.17) is 4.42 Å². The molecule has 1 N–H and O–H groups in total. The molecule has 9 rings (SSSR count). The average Bonchev–Trinajstić information content (AvgIpc) is 3.80. The second-order valence-corrected chi connectivity index (χ2v) is 14.1. The minimum Gasteiger partial charge on any atom is -0.456 e. The van der Waals surface area contributed by atoms with Crippen molar-refractivity contribution in [2.75, 3.05) is 20.1 Å². The Hall–Kier alpha value is -8.22. The van der Waals surface area contributed by atoms with Gasteiger partial charge in [0.05, 0.1) is 80.8 Å². The lowest BCUT2D eigenvalue weighted by atomic mass is 9.78. The van der Waals surface area contributed by atoms with Gasteiger partial charge in [0.25, 0.3) is 0 Å². The van der Waals surface area contributed by atoms with Crippen molar-refractivity contribution in [1.29, 1.82) is 31.6 Å². The van der Waals surface area contributed by atoms with E-state index < -0.39 is 0 Å². The zero-order valence-electron chi connectivity index (χ0n) is 30.4. The lowest BCUT2D eigenvalue weighted by molar-refractivity contribution is 0.100. The minimum absolute atomic E-state index is 0.0782. The van der Waals surface area contributed by atoms with Gasteiger partial charge in [0, 0.05) is 57.2 Å². The Kier molecular flexibility index (Phi) is 8.22. The molecule has 2 aromatic heterocycles. The number of para-hydroxylation sites is 3. The third kappa shape index (κ3) is 5.28.